The van der Waals surface area contributed by atoms with Crippen molar-refractivity contribution in [2.75, 3.05) is 16.2 Å². The Bertz CT molecular complexity index is 1650. The number of fused-ring (bicyclic) bond motifs is 1. The van der Waals surface area contributed by atoms with Crippen molar-refractivity contribution in [2.24, 2.45) is 5.73 Å². The fourth-order valence-electron chi connectivity index (χ4n) is 4.30. The maximum Gasteiger partial charge on any atom is 0.158 e. The summed E-state index contributed by atoms with van der Waals surface area (Å²) < 4.78 is 10.6. The monoisotopic (exact) mass is 540 g/mol. The molecule has 38 heavy (non-hydrogen) atoms. The van der Waals surface area contributed by atoms with E-state index in [1.54, 1.807) is 6.33 Å². The van der Waals surface area contributed by atoms with Gasteiger partial charge in [0, 0.05) is 35.2 Å². The van der Waals surface area contributed by atoms with Gasteiger partial charge in [0.1, 0.15) is 17.6 Å². The second-order valence-corrected chi connectivity index (χ2v) is 10.7. The van der Waals surface area contributed by atoms with Gasteiger partial charge in [-0.25, -0.2) is 9.97 Å². The molecule has 190 valence electrons. The summed E-state index contributed by atoms with van der Waals surface area (Å²) in [5, 5.41) is 5.99. The first-order valence-corrected chi connectivity index (χ1v) is 13.8. The Kier molecular flexibility index (Phi) is 6.83. The van der Waals surface area contributed by atoms with E-state index in [1.807, 2.05) is 65.5 Å². The number of nitrogens with one attached hydrogen (secondary N) is 1. The lowest BCUT2D eigenvalue weighted by Crippen LogP contribution is -2.10. The van der Waals surface area contributed by atoms with Gasteiger partial charge in [-0.05, 0) is 48.5 Å². The molecule has 1 aliphatic heterocycles. The van der Waals surface area contributed by atoms with Crippen LogP contribution in [0.5, 0.6) is 5.75 Å². The third kappa shape index (κ3) is 4.89. The Labute approximate surface area is 228 Å². The van der Waals surface area contributed by atoms with Crippen LogP contribution in [0.1, 0.15) is 0 Å². The predicted octanol–water partition coefficient (Wildman–Crippen LogP) is 6.57. The molecule has 3 aromatic carbocycles. The third-order valence-corrected chi connectivity index (χ3v) is 8.27. The Hall–Kier alpha value is -4.11. The highest BCUT2D eigenvalue weighted by molar-refractivity contribution is 8.16. The number of anilines is 3. The summed E-state index contributed by atoms with van der Waals surface area (Å²) in [6.07, 6.45) is 5.54. The van der Waals surface area contributed by atoms with Crippen LogP contribution < -0.4 is 20.1 Å². The van der Waals surface area contributed by atoms with Crippen LogP contribution >= 0.6 is 22.3 Å². The number of para-hydroxylation sites is 1. The van der Waals surface area contributed by atoms with E-state index in [9.17, 15) is 0 Å². The van der Waals surface area contributed by atoms with Crippen LogP contribution in [0.25, 0.3) is 11.0 Å². The molecular formula is C29H25ClN6OS. The average Bonchev–Trinajstić information content (AvgIpc) is 3.57. The van der Waals surface area contributed by atoms with Gasteiger partial charge in [0.25, 0.3) is 0 Å². The average molecular weight is 541 g/mol. The summed E-state index contributed by atoms with van der Waals surface area (Å²) in [6, 6.07) is 28.3. The molecule has 0 spiro atoms. The maximum atomic E-state index is 6.69. The van der Waals surface area contributed by atoms with Crippen molar-refractivity contribution >= 4 is 55.9 Å². The van der Waals surface area contributed by atoms with Gasteiger partial charge in [0.15, 0.2) is 11.6 Å². The number of halogens is 1. The lowest BCUT2D eigenvalue weighted by Gasteiger charge is -2.21. The van der Waals surface area contributed by atoms with E-state index in [-0.39, 0.29) is 10.7 Å². The minimum atomic E-state index is -0.325. The normalized spacial score (nSPS) is 14.8. The number of ether oxygens (including phenoxy) is 1. The number of hydrogen-bond acceptors (Lipinski definition) is 6. The van der Waals surface area contributed by atoms with Crippen LogP contribution in [-0.4, -0.2) is 26.4 Å². The van der Waals surface area contributed by atoms with Gasteiger partial charge in [0.2, 0.25) is 0 Å². The third-order valence-electron chi connectivity index (χ3n) is 6.02. The molecule has 2 aromatic heterocycles. The molecule has 0 amide bonds. The van der Waals surface area contributed by atoms with Crippen LogP contribution in [0.4, 0.5) is 17.2 Å². The smallest absolute Gasteiger partial charge is 0.158 e. The standard InChI is InChI=1S/C29H25ClN6OS/c30-25-17-21(34-29-28-26(32-20-33-29)13-15-35(28)16-14-31)11-12-27(25)37-23-18-36(22-7-3-1-4-8-22)38(19-23)24-9-5-2-6-10-24/h1-13,15,17-20H,14,16,31H2,(H,32,33,34). The highest BCUT2D eigenvalue weighted by Gasteiger charge is 2.20. The molecule has 6 rings (SSSR count). The summed E-state index contributed by atoms with van der Waals surface area (Å²) in [6.45, 7) is 1.20. The number of allylic oxidation sites excluding steroid dienone is 1. The van der Waals surface area contributed by atoms with Crippen molar-refractivity contribution in [3.8, 4) is 5.75 Å². The molecular weight excluding hydrogens is 516 g/mol. The van der Waals surface area contributed by atoms with Crippen molar-refractivity contribution in [1.29, 1.82) is 0 Å². The molecule has 3 heterocycles. The molecule has 1 aliphatic rings. The first-order chi connectivity index (χ1) is 18.7. The minimum Gasteiger partial charge on any atom is -0.454 e. The quantitative estimate of drug-likeness (QED) is 0.217. The van der Waals surface area contributed by atoms with E-state index in [0.717, 1.165) is 28.2 Å². The van der Waals surface area contributed by atoms with Gasteiger partial charge < -0.3 is 20.4 Å². The van der Waals surface area contributed by atoms with Gasteiger partial charge >= 0.3 is 0 Å². The van der Waals surface area contributed by atoms with E-state index in [2.05, 4.69) is 61.4 Å². The van der Waals surface area contributed by atoms with E-state index in [4.69, 9.17) is 22.1 Å². The Balaban J connectivity index is 1.27. The molecule has 0 saturated carbocycles. The van der Waals surface area contributed by atoms with E-state index in [1.165, 1.54) is 4.90 Å². The molecule has 5 aromatic rings. The zero-order valence-corrected chi connectivity index (χ0v) is 21.9. The number of nitrogens with two attached hydrogens (primary N) is 1. The summed E-state index contributed by atoms with van der Waals surface area (Å²) >= 11 is 6.69. The van der Waals surface area contributed by atoms with Crippen molar-refractivity contribution < 1.29 is 4.74 Å². The van der Waals surface area contributed by atoms with Gasteiger partial charge in [-0.1, -0.05) is 58.7 Å². The second kappa shape index (κ2) is 10.7. The topological polar surface area (TPSA) is 81.2 Å². The van der Waals surface area contributed by atoms with E-state index < -0.39 is 0 Å². The molecule has 0 saturated heterocycles. The highest BCUT2D eigenvalue weighted by Crippen LogP contribution is 2.41. The summed E-state index contributed by atoms with van der Waals surface area (Å²) in [5.41, 5.74) is 9.41. The van der Waals surface area contributed by atoms with Gasteiger partial charge in [-0.15, -0.1) is 0 Å². The molecule has 0 fully saturated rings. The van der Waals surface area contributed by atoms with Crippen molar-refractivity contribution in [1.82, 2.24) is 14.5 Å². The van der Waals surface area contributed by atoms with Crippen LogP contribution in [0.3, 0.4) is 0 Å². The molecule has 3 N–H and O–H groups in total. The van der Waals surface area contributed by atoms with Crippen molar-refractivity contribution in [3.63, 3.8) is 0 Å². The number of rotatable bonds is 8. The van der Waals surface area contributed by atoms with Crippen LogP contribution in [-0.2, 0) is 6.54 Å². The second-order valence-electron chi connectivity index (χ2n) is 8.56. The van der Waals surface area contributed by atoms with Gasteiger partial charge in [0.05, 0.1) is 22.4 Å². The van der Waals surface area contributed by atoms with Crippen LogP contribution in [0.15, 0.2) is 114 Å². The lowest BCUT2D eigenvalue weighted by atomic mass is 10.3. The minimum absolute atomic E-state index is 0.325. The molecule has 1 atom stereocenters. The fraction of sp³-hybridized carbons (Fsp3) is 0.0690. The van der Waals surface area contributed by atoms with E-state index >= 15 is 0 Å². The first-order valence-electron chi connectivity index (χ1n) is 12.1. The van der Waals surface area contributed by atoms with Crippen molar-refractivity contribution in [3.05, 3.63) is 114 Å². The number of hydrogen-bond donors (Lipinski definition) is 2. The largest absolute Gasteiger partial charge is 0.454 e. The first kappa shape index (κ1) is 24.2. The predicted molar refractivity (Wildman–Crippen MR) is 157 cm³/mol. The summed E-state index contributed by atoms with van der Waals surface area (Å²) in [4.78, 5) is 10.0. The highest BCUT2D eigenvalue weighted by atomic mass is 35.5. The number of benzene rings is 3. The fourth-order valence-corrected chi connectivity index (χ4v) is 6.33. The Morgan fingerprint density at radius 2 is 1.74 bits per heavy atom. The molecule has 0 aliphatic carbocycles. The number of nitrogens with zero attached hydrogens (tertiary/aromatic N) is 4. The SMILES string of the molecule is NCCn1ccc2ncnc(Nc3ccc(OC4=CN(c5ccccc5)S(c5ccccc5)=C4)c(Cl)c3)c21. The summed E-state index contributed by atoms with van der Waals surface area (Å²) in [5.74, 6) is 2.00. The van der Waals surface area contributed by atoms with Gasteiger partial charge in [-0.2, -0.15) is 0 Å². The van der Waals surface area contributed by atoms with Crippen LogP contribution in [0, 0.1) is 0 Å². The van der Waals surface area contributed by atoms with E-state index in [0.29, 0.717) is 29.7 Å². The van der Waals surface area contributed by atoms with Crippen LogP contribution in [0.2, 0.25) is 5.02 Å². The zero-order valence-electron chi connectivity index (χ0n) is 20.4. The molecule has 1 unspecified atom stereocenters. The maximum absolute atomic E-state index is 6.69. The Morgan fingerprint density at radius 3 is 2.50 bits per heavy atom. The lowest BCUT2D eigenvalue weighted by molar-refractivity contribution is 0.458. The van der Waals surface area contributed by atoms with Gasteiger partial charge in [-0.3, -0.25) is 4.31 Å². The van der Waals surface area contributed by atoms with Crippen molar-refractivity contribution in [2.45, 2.75) is 11.4 Å². The zero-order chi connectivity index (χ0) is 25.9. The number of aromatic nitrogens is 3. The Morgan fingerprint density at radius 1 is 0.947 bits per heavy atom. The summed E-state index contributed by atoms with van der Waals surface area (Å²) in [7, 11) is -0.325. The molecule has 9 heteroatoms. The molecule has 0 bridgehead atoms. The molecule has 0 radical (unpaired) electrons. The molecule has 7 nitrogen and oxygen atoms in total.